The summed E-state index contributed by atoms with van der Waals surface area (Å²) in [4.78, 5) is 25.5. The molecule has 2 unspecified atom stereocenters. The molecule has 2 amide bonds. The van der Waals surface area contributed by atoms with E-state index in [9.17, 15) is 9.59 Å². The first kappa shape index (κ1) is 20.8. The summed E-state index contributed by atoms with van der Waals surface area (Å²) in [6.07, 6.45) is 0. The Kier molecular flexibility index (Phi) is 9.15. The van der Waals surface area contributed by atoms with E-state index in [2.05, 4.69) is 10.5 Å². The van der Waals surface area contributed by atoms with Gasteiger partial charge in [0.05, 0.1) is 11.0 Å². The molecule has 0 spiro atoms. The Hall–Kier alpha value is -1.25. The molecule has 7 nitrogen and oxygen atoms in total. The molecule has 126 valence electrons. The Bertz CT molecular complexity index is 497. The molecule has 0 aromatic carbocycles. The van der Waals surface area contributed by atoms with Crippen molar-refractivity contribution in [3.05, 3.63) is 11.8 Å². The van der Waals surface area contributed by atoms with Crippen LogP contribution in [0.3, 0.4) is 0 Å². The quantitative estimate of drug-likeness (QED) is 0.767. The van der Waals surface area contributed by atoms with Gasteiger partial charge in [-0.3, -0.25) is 9.59 Å². The van der Waals surface area contributed by atoms with Gasteiger partial charge in [-0.25, -0.2) is 0 Å². The molecule has 0 bridgehead atoms. The minimum Gasteiger partial charge on any atom is -0.360 e. The SMILES string of the molecule is Cc1cc(NC(=O)C(C)SCC(=O)N(C)C(C)CN)no1.Cl. The van der Waals surface area contributed by atoms with Gasteiger partial charge in [0.15, 0.2) is 5.82 Å². The van der Waals surface area contributed by atoms with E-state index in [1.807, 2.05) is 6.92 Å². The lowest BCUT2D eigenvalue weighted by Gasteiger charge is -2.24. The molecular formula is C13H23ClN4O3S. The van der Waals surface area contributed by atoms with Gasteiger partial charge < -0.3 is 20.5 Å². The maximum atomic E-state index is 11.9. The van der Waals surface area contributed by atoms with Crippen LogP contribution in [0.5, 0.6) is 0 Å². The standard InChI is InChI=1S/C13H22N4O3S.ClH/c1-8(6-14)17(4)12(18)7-21-10(3)13(19)15-11-5-9(2)20-16-11;/h5,8,10H,6-7,14H2,1-4H3,(H,15,16,19);1H. The van der Waals surface area contributed by atoms with E-state index < -0.39 is 0 Å². The normalized spacial score (nSPS) is 13.0. The molecule has 0 radical (unpaired) electrons. The zero-order chi connectivity index (χ0) is 16.0. The fourth-order valence-electron chi connectivity index (χ4n) is 1.43. The molecule has 0 saturated carbocycles. The Labute approximate surface area is 140 Å². The maximum absolute atomic E-state index is 11.9. The smallest absolute Gasteiger partial charge is 0.238 e. The van der Waals surface area contributed by atoms with Gasteiger partial charge in [0.1, 0.15) is 5.76 Å². The molecule has 0 fully saturated rings. The highest BCUT2D eigenvalue weighted by atomic mass is 35.5. The van der Waals surface area contributed by atoms with E-state index in [0.29, 0.717) is 18.1 Å². The number of halogens is 1. The number of thioether (sulfide) groups is 1. The number of anilines is 1. The van der Waals surface area contributed by atoms with Crippen molar-refractivity contribution in [2.75, 3.05) is 24.7 Å². The van der Waals surface area contributed by atoms with Crippen molar-refractivity contribution in [2.45, 2.75) is 32.1 Å². The molecule has 22 heavy (non-hydrogen) atoms. The Balaban J connectivity index is 0.00000441. The first-order valence-corrected chi connectivity index (χ1v) is 7.71. The van der Waals surface area contributed by atoms with Gasteiger partial charge in [0, 0.05) is 25.7 Å². The summed E-state index contributed by atoms with van der Waals surface area (Å²) in [5.74, 6) is 0.974. The summed E-state index contributed by atoms with van der Waals surface area (Å²) in [6.45, 7) is 5.78. The van der Waals surface area contributed by atoms with Crippen LogP contribution < -0.4 is 11.1 Å². The van der Waals surface area contributed by atoms with Crippen LogP contribution in [-0.2, 0) is 9.59 Å². The largest absolute Gasteiger partial charge is 0.360 e. The van der Waals surface area contributed by atoms with E-state index in [1.165, 1.54) is 11.8 Å². The van der Waals surface area contributed by atoms with Gasteiger partial charge in [0.2, 0.25) is 11.8 Å². The molecule has 0 aliphatic rings. The van der Waals surface area contributed by atoms with Crippen molar-refractivity contribution >= 4 is 41.8 Å². The van der Waals surface area contributed by atoms with Crippen LogP contribution in [0.2, 0.25) is 0 Å². The first-order chi connectivity index (χ1) is 9.85. The van der Waals surface area contributed by atoms with Crippen molar-refractivity contribution in [3.8, 4) is 0 Å². The minimum absolute atomic E-state index is 0. The number of hydrogen-bond acceptors (Lipinski definition) is 6. The second kappa shape index (κ2) is 9.70. The van der Waals surface area contributed by atoms with E-state index in [4.69, 9.17) is 10.3 Å². The zero-order valence-corrected chi connectivity index (χ0v) is 14.8. The number of carbonyl (C=O) groups excluding carboxylic acids is 2. The average molecular weight is 351 g/mol. The van der Waals surface area contributed by atoms with Crippen LogP contribution in [0, 0.1) is 6.92 Å². The summed E-state index contributed by atoms with van der Waals surface area (Å²) in [7, 11) is 1.71. The van der Waals surface area contributed by atoms with Crippen molar-refractivity contribution in [2.24, 2.45) is 5.73 Å². The average Bonchev–Trinajstić information content (AvgIpc) is 2.87. The molecular weight excluding hydrogens is 328 g/mol. The third-order valence-corrected chi connectivity index (χ3v) is 4.23. The number of hydrogen-bond donors (Lipinski definition) is 2. The summed E-state index contributed by atoms with van der Waals surface area (Å²) in [6, 6.07) is 1.62. The summed E-state index contributed by atoms with van der Waals surface area (Å²) >= 11 is 1.27. The number of aromatic nitrogens is 1. The van der Waals surface area contributed by atoms with Gasteiger partial charge in [-0.05, 0) is 20.8 Å². The number of amides is 2. The topological polar surface area (TPSA) is 101 Å². The van der Waals surface area contributed by atoms with Crippen LogP contribution in [0.15, 0.2) is 10.6 Å². The zero-order valence-electron chi connectivity index (χ0n) is 13.2. The summed E-state index contributed by atoms with van der Waals surface area (Å²) in [5.41, 5.74) is 5.52. The molecule has 9 heteroatoms. The fraction of sp³-hybridized carbons (Fsp3) is 0.615. The lowest BCUT2D eigenvalue weighted by atomic mass is 10.3. The molecule has 1 rings (SSSR count). The molecule has 3 N–H and O–H groups in total. The number of carbonyl (C=O) groups is 2. The monoisotopic (exact) mass is 350 g/mol. The minimum atomic E-state index is -0.368. The number of aryl methyl sites for hydroxylation is 1. The van der Waals surface area contributed by atoms with Crippen molar-refractivity contribution in [3.63, 3.8) is 0 Å². The van der Waals surface area contributed by atoms with E-state index in [-0.39, 0.29) is 41.3 Å². The van der Waals surface area contributed by atoms with Crippen molar-refractivity contribution < 1.29 is 14.1 Å². The van der Waals surface area contributed by atoms with Gasteiger partial charge >= 0.3 is 0 Å². The molecule has 0 aliphatic carbocycles. The van der Waals surface area contributed by atoms with E-state index in [1.54, 1.807) is 31.9 Å². The number of rotatable bonds is 7. The van der Waals surface area contributed by atoms with Gasteiger partial charge in [0.25, 0.3) is 0 Å². The molecule has 0 saturated heterocycles. The lowest BCUT2D eigenvalue weighted by Crippen LogP contribution is -2.41. The molecule has 1 heterocycles. The molecule has 1 aromatic rings. The van der Waals surface area contributed by atoms with Crippen LogP contribution in [0.25, 0.3) is 0 Å². The maximum Gasteiger partial charge on any atom is 0.238 e. The van der Waals surface area contributed by atoms with Crippen LogP contribution in [0.4, 0.5) is 5.82 Å². The van der Waals surface area contributed by atoms with E-state index >= 15 is 0 Å². The van der Waals surface area contributed by atoms with E-state index in [0.717, 1.165) is 0 Å². The first-order valence-electron chi connectivity index (χ1n) is 6.66. The summed E-state index contributed by atoms with van der Waals surface area (Å²) < 4.78 is 4.87. The van der Waals surface area contributed by atoms with Crippen LogP contribution in [-0.4, -0.2) is 52.5 Å². The summed E-state index contributed by atoms with van der Waals surface area (Å²) in [5, 5.41) is 5.96. The number of nitrogens with two attached hydrogens (primary N) is 1. The second-order valence-electron chi connectivity index (χ2n) is 4.85. The van der Waals surface area contributed by atoms with Crippen molar-refractivity contribution in [1.29, 1.82) is 0 Å². The molecule has 1 aromatic heterocycles. The Morgan fingerprint density at radius 1 is 1.50 bits per heavy atom. The number of nitrogens with one attached hydrogen (secondary N) is 1. The Morgan fingerprint density at radius 2 is 2.14 bits per heavy atom. The second-order valence-corrected chi connectivity index (χ2v) is 6.18. The highest BCUT2D eigenvalue weighted by molar-refractivity contribution is 8.01. The van der Waals surface area contributed by atoms with Crippen molar-refractivity contribution in [1.82, 2.24) is 10.1 Å². The van der Waals surface area contributed by atoms with Crippen LogP contribution in [0.1, 0.15) is 19.6 Å². The predicted molar refractivity (Wildman–Crippen MR) is 90.3 cm³/mol. The highest BCUT2D eigenvalue weighted by Crippen LogP contribution is 2.15. The Morgan fingerprint density at radius 3 is 2.64 bits per heavy atom. The number of nitrogens with zero attached hydrogens (tertiary/aromatic N) is 2. The lowest BCUT2D eigenvalue weighted by molar-refractivity contribution is -0.128. The highest BCUT2D eigenvalue weighted by Gasteiger charge is 2.19. The van der Waals surface area contributed by atoms with Gasteiger partial charge in [-0.2, -0.15) is 0 Å². The third-order valence-electron chi connectivity index (χ3n) is 3.10. The van der Waals surface area contributed by atoms with Gasteiger partial charge in [-0.15, -0.1) is 24.2 Å². The fourth-order valence-corrected chi connectivity index (χ4v) is 2.24. The van der Waals surface area contributed by atoms with Gasteiger partial charge in [-0.1, -0.05) is 5.16 Å². The van der Waals surface area contributed by atoms with Crippen LogP contribution >= 0.6 is 24.2 Å². The molecule has 0 aliphatic heterocycles. The molecule has 2 atom stereocenters. The third kappa shape index (κ3) is 6.25. The number of likely N-dealkylation sites (N-methyl/N-ethyl adjacent to an activating group) is 1. The predicted octanol–water partition coefficient (Wildman–Crippen LogP) is 1.27.